The molecule has 0 saturated heterocycles. The number of rotatable bonds is 14. The van der Waals surface area contributed by atoms with Crippen LogP contribution < -0.4 is 0 Å². The van der Waals surface area contributed by atoms with Crippen LogP contribution in [-0.4, -0.2) is 35.1 Å². The van der Waals surface area contributed by atoms with Crippen molar-refractivity contribution in [1.29, 1.82) is 0 Å². The molecule has 410 valence electrons. The Morgan fingerprint density at radius 2 is 0.500 bits per heavy atom. The predicted octanol–water partition coefficient (Wildman–Crippen LogP) is 19.0. The summed E-state index contributed by atoms with van der Waals surface area (Å²) in [4.78, 5) is 0. The molecule has 0 aliphatic carbocycles. The first-order chi connectivity index (χ1) is 32.6. The van der Waals surface area contributed by atoms with Crippen molar-refractivity contribution in [2.24, 2.45) is 0 Å². The van der Waals surface area contributed by atoms with Gasteiger partial charge in [0.2, 0.25) is 0 Å². The van der Waals surface area contributed by atoms with Gasteiger partial charge in [0, 0.05) is 42.3 Å². The van der Waals surface area contributed by atoms with E-state index in [1.807, 2.05) is 0 Å². The molecule has 0 heterocycles. The van der Waals surface area contributed by atoms with Crippen molar-refractivity contribution in [2.45, 2.75) is 88.4 Å². The van der Waals surface area contributed by atoms with E-state index in [1.54, 1.807) is 88.4 Å². The molecule has 4 atom stereocenters. The van der Waals surface area contributed by atoms with Crippen molar-refractivity contribution in [3.05, 3.63) is 208 Å². The third kappa shape index (κ3) is 17.4. The second kappa shape index (κ2) is 28.3. The molecule has 0 bridgehead atoms. The first-order valence-corrected chi connectivity index (χ1v) is 22.5. The van der Waals surface area contributed by atoms with Gasteiger partial charge in [0.25, 0.3) is 0 Å². The topological polar surface area (TPSA) is 119 Å². The number of benzene rings is 6. The molecular formula is C50H44Cl4Cu2F12N4O2. The molecule has 0 fully saturated rings. The minimum Gasteiger partial charge on any atom is -0.680 e. The molecule has 2 radical (unpaired) electrons. The van der Waals surface area contributed by atoms with Crippen LogP contribution in [0.15, 0.2) is 133 Å². The summed E-state index contributed by atoms with van der Waals surface area (Å²) in [7, 11) is 0. The first kappa shape index (κ1) is 67.8. The van der Waals surface area contributed by atoms with E-state index in [2.05, 4.69) is 21.3 Å². The fraction of sp³-hybridized carbons (Fsp3) is 0.280. The molecule has 74 heavy (non-hydrogen) atoms. The predicted molar refractivity (Wildman–Crippen MR) is 261 cm³/mol. The summed E-state index contributed by atoms with van der Waals surface area (Å²) in [6, 6.07) is 27.3. The van der Waals surface area contributed by atoms with E-state index in [4.69, 9.17) is 46.4 Å². The average molecular weight is 1230 g/mol. The van der Waals surface area contributed by atoms with Crippen molar-refractivity contribution in [2.75, 3.05) is 0 Å². The molecule has 4 unspecified atom stereocenters. The standard InChI is InChI=1S/2C25H20Cl2F6N2.2Cu.2H2O/c2*1-14(34-22-17(24(28,29)30)10-6-12-19(22)26)21(16-8-4-3-5-9-16)15(2)35-23-18(25(31,32)33)11-7-13-20(23)27;;;;/h2*3-15,21H,1-2H3;;;2*1H2/q2*-2;2*+2;;. The maximum atomic E-state index is 13.6. The molecule has 0 amide bonds. The van der Waals surface area contributed by atoms with E-state index >= 15 is 0 Å². The summed E-state index contributed by atoms with van der Waals surface area (Å²) >= 11 is 24.3. The van der Waals surface area contributed by atoms with Crippen LogP contribution in [0.1, 0.15) is 72.9 Å². The van der Waals surface area contributed by atoms with E-state index < -0.39 is 106 Å². The number of nitrogens with zero attached hydrogens (tertiary/aromatic N) is 4. The summed E-state index contributed by atoms with van der Waals surface area (Å²) in [5, 5.41) is 16.4. The van der Waals surface area contributed by atoms with Crippen molar-refractivity contribution in [3.8, 4) is 0 Å². The molecular weight excluding hydrogens is 1190 g/mol. The molecule has 0 spiro atoms. The zero-order chi connectivity index (χ0) is 51.9. The zero-order valence-corrected chi connectivity index (χ0v) is 43.5. The van der Waals surface area contributed by atoms with Crippen molar-refractivity contribution in [3.63, 3.8) is 0 Å². The molecule has 0 aliphatic heterocycles. The fourth-order valence-corrected chi connectivity index (χ4v) is 8.80. The smallest absolute Gasteiger partial charge is 0.680 e. The average Bonchev–Trinajstić information content (AvgIpc) is 3.26. The zero-order valence-electron chi connectivity index (χ0n) is 38.6. The Morgan fingerprint density at radius 1 is 0.311 bits per heavy atom. The van der Waals surface area contributed by atoms with Gasteiger partial charge >= 0.3 is 58.8 Å². The van der Waals surface area contributed by atoms with Gasteiger partial charge in [-0.1, -0.05) is 183 Å². The Kier molecular flexibility index (Phi) is 25.9. The second-order valence-corrected chi connectivity index (χ2v) is 17.5. The maximum absolute atomic E-state index is 13.6. The summed E-state index contributed by atoms with van der Waals surface area (Å²) in [6.07, 6.45) is -18.8. The number of alkyl halides is 12. The molecule has 6 nitrogen and oxygen atoms in total. The fourth-order valence-electron chi connectivity index (χ4n) is 7.91. The maximum Gasteiger partial charge on any atom is 2.00 e. The van der Waals surface area contributed by atoms with Crippen LogP contribution in [0.5, 0.6) is 0 Å². The van der Waals surface area contributed by atoms with Crippen LogP contribution in [0.2, 0.25) is 20.1 Å². The Morgan fingerprint density at radius 3 is 0.676 bits per heavy atom. The summed E-state index contributed by atoms with van der Waals surface area (Å²) < 4.78 is 163. The van der Waals surface area contributed by atoms with Crippen LogP contribution in [0.3, 0.4) is 0 Å². The van der Waals surface area contributed by atoms with Crippen LogP contribution in [0.25, 0.3) is 21.3 Å². The summed E-state index contributed by atoms with van der Waals surface area (Å²) in [6.45, 7) is 6.30. The molecule has 6 rings (SSSR count). The van der Waals surface area contributed by atoms with Gasteiger partial charge in [-0.2, -0.15) is 52.7 Å². The SMILES string of the molecule is CC([N-]c1c(Cl)cccc1C(F)(F)F)C(c1ccccc1)C(C)[N-]c1c(Cl)cccc1C(F)(F)F.CC([N-]c1c(Cl)cccc1C(F)(F)F)C(c1ccccc1)C(C)[N-]c1c(Cl)cccc1C(F)(F)F.O.O.[Cu+2].[Cu+2]. The largest absolute Gasteiger partial charge is 2.00 e. The first-order valence-electron chi connectivity index (χ1n) is 21.0. The molecule has 24 heteroatoms. The van der Waals surface area contributed by atoms with Gasteiger partial charge in [0.05, 0.1) is 0 Å². The number of hydrogen-bond donors (Lipinski definition) is 0. The van der Waals surface area contributed by atoms with E-state index in [9.17, 15) is 52.7 Å². The number of halogens is 16. The Bertz CT molecular complexity index is 2360. The number of hydrogen-bond acceptors (Lipinski definition) is 0. The van der Waals surface area contributed by atoms with Gasteiger partial charge in [-0.25, -0.2) is 0 Å². The number of para-hydroxylation sites is 4. The molecule has 0 aliphatic rings. The van der Waals surface area contributed by atoms with Crippen molar-refractivity contribution in [1.82, 2.24) is 0 Å². The van der Waals surface area contributed by atoms with Crippen LogP contribution in [0, 0.1) is 0 Å². The van der Waals surface area contributed by atoms with Gasteiger partial charge in [-0.05, 0) is 47.2 Å². The minimum absolute atomic E-state index is 0. The van der Waals surface area contributed by atoms with Crippen molar-refractivity contribution >= 4 is 69.2 Å². The van der Waals surface area contributed by atoms with E-state index in [0.29, 0.717) is 11.1 Å². The second-order valence-electron chi connectivity index (χ2n) is 15.9. The van der Waals surface area contributed by atoms with Crippen molar-refractivity contribution < 1.29 is 97.8 Å². The Labute approximate surface area is 460 Å². The van der Waals surface area contributed by atoms with E-state index in [1.165, 1.54) is 48.5 Å². The molecule has 0 aromatic heterocycles. The van der Waals surface area contributed by atoms with Gasteiger partial charge in [0.15, 0.2) is 0 Å². The van der Waals surface area contributed by atoms with Gasteiger partial charge in [-0.3, -0.25) is 0 Å². The van der Waals surface area contributed by atoms with Gasteiger partial charge < -0.3 is 32.2 Å². The third-order valence-electron chi connectivity index (χ3n) is 10.9. The Hall–Kier alpha value is -4.20. The summed E-state index contributed by atoms with van der Waals surface area (Å²) in [5.74, 6) is -1.38. The normalized spacial score (nSPS) is 14.0. The minimum atomic E-state index is -4.69. The quantitative estimate of drug-likeness (QED) is 0.0763. The van der Waals surface area contributed by atoms with E-state index in [0.717, 1.165) is 24.3 Å². The molecule has 0 saturated carbocycles. The van der Waals surface area contributed by atoms with Gasteiger partial charge in [0.1, 0.15) is 0 Å². The van der Waals surface area contributed by atoms with Crippen LogP contribution in [-0.2, 0) is 58.8 Å². The molecule has 4 N–H and O–H groups in total. The van der Waals surface area contributed by atoms with Crippen LogP contribution >= 0.6 is 46.4 Å². The molecule has 6 aromatic carbocycles. The van der Waals surface area contributed by atoms with Gasteiger partial charge in [-0.15, -0.1) is 46.9 Å². The Balaban J connectivity index is 0.000000702. The van der Waals surface area contributed by atoms with Crippen LogP contribution in [0.4, 0.5) is 75.4 Å². The third-order valence-corrected chi connectivity index (χ3v) is 12.2. The summed E-state index contributed by atoms with van der Waals surface area (Å²) in [5.41, 5.74) is -4.46. The monoisotopic (exact) mass is 1230 g/mol. The van der Waals surface area contributed by atoms with E-state index in [-0.39, 0.29) is 65.2 Å². The molecule has 6 aromatic rings.